The Morgan fingerprint density at radius 1 is 0.950 bits per heavy atom. The molecule has 0 aromatic rings. The number of hydrogen-bond donors (Lipinski definition) is 1. The molecule has 3 nitrogen and oxygen atoms in total. The van der Waals surface area contributed by atoms with Crippen molar-refractivity contribution in [2.75, 3.05) is 0 Å². The van der Waals surface area contributed by atoms with E-state index in [1.54, 1.807) is 12.5 Å². The van der Waals surface area contributed by atoms with E-state index in [4.69, 9.17) is 9.84 Å². The van der Waals surface area contributed by atoms with Crippen LogP contribution in [0, 0.1) is 0 Å². The molecule has 114 valence electrons. The van der Waals surface area contributed by atoms with Crippen molar-refractivity contribution in [2.45, 2.75) is 64.7 Å². The predicted octanol–water partition coefficient (Wildman–Crippen LogP) is 5.20. The highest BCUT2D eigenvalue weighted by Crippen LogP contribution is 2.02. The van der Waals surface area contributed by atoms with E-state index in [0.717, 1.165) is 32.1 Å². The fourth-order valence-corrected chi connectivity index (χ4v) is 1.62. The van der Waals surface area contributed by atoms with Crippen LogP contribution in [0.2, 0.25) is 0 Å². The molecule has 0 bridgehead atoms. The lowest BCUT2D eigenvalue weighted by Crippen LogP contribution is -1.92. The van der Waals surface area contributed by atoms with Crippen LogP contribution in [0.5, 0.6) is 0 Å². The monoisotopic (exact) mass is 280 g/mol. The fraction of sp³-hybridized carbons (Fsp3) is 0.588. The number of hydrogen-bond acceptors (Lipinski definition) is 2. The van der Waals surface area contributed by atoms with Crippen molar-refractivity contribution in [3.8, 4) is 0 Å². The van der Waals surface area contributed by atoms with Crippen molar-refractivity contribution in [3.63, 3.8) is 0 Å². The normalized spacial score (nSPS) is 11.8. The molecule has 0 saturated heterocycles. The minimum Gasteiger partial charge on any atom is -0.481 e. The lowest BCUT2D eigenvalue weighted by Gasteiger charge is -1.93. The third-order valence-corrected chi connectivity index (χ3v) is 2.77. The van der Waals surface area contributed by atoms with E-state index in [1.807, 2.05) is 6.08 Å². The summed E-state index contributed by atoms with van der Waals surface area (Å²) in [6.07, 6.45) is 20.2. The lowest BCUT2D eigenvalue weighted by atomic mass is 10.2. The maximum atomic E-state index is 10.3. The molecule has 0 aliphatic heterocycles. The SMILES string of the molecule is CCCCCC=COC=CCC=CCCCCC(=O)O. The van der Waals surface area contributed by atoms with E-state index in [-0.39, 0.29) is 6.42 Å². The summed E-state index contributed by atoms with van der Waals surface area (Å²) in [5.74, 6) is -0.711. The topological polar surface area (TPSA) is 46.5 Å². The first-order chi connectivity index (χ1) is 9.77. The van der Waals surface area contributed by atoms with Gasteiger partial charge in [0.2, 0.25) is 0 Å². The molecule has 3 heteroatoms. The summed E-state index contributed by atoms with van der Waals surface area (Å²) in [5, 5.41) is 8.47. The third-order valence-electron chi connectivity index (χ3n) is 2.77. The van der Waals surface area contributed by atoms with Gasteiger partial charge in [-0.2, -0.15) is 0 Å². The van der Waals surface area contributed by atoms with Crippen LogP contribution in [0.1, 0.15) is 64.7 Å². The number of carboxylic acid groups (broad SMARTS) is 1. The average molecular weight is 280 g/mol. The summed E-state index contributed by atoms with van der Waals surface area (Å²) < 4.78 is 5.23. The predicted molar refractivity (Wildman–Crippen MR) is 83.4 cm³/mol. The zero-order valence-corrected chi connectivity index (χ0v) is 12.6. The Morgan fingerprint density at radius 3 is 2.40 bits per heavy atom. The lowest BCUT2D eigenvalue weighted by molar-refractivity contribution is -0.137. The highest BCUT2D eigenvalue weighted by Gasteiger charge is 1.93. The smallest absolute Gasteiger partial charge is 0.303 e. The zero-order valence-electron chi connectivity index (χ0n) is 12.6. The standard InChI is InChI=1S/C17H28O3/c1-2-3-4-9-12-15-20-16-13-10-7-5-6-8-11-14-17(18)19/h5,7,12-13,15-16H,2-4,6,8-11,14H2,1H3,(H,18,19). The largest absolute Gasteiger partial charge is 0.481 e. The van der Waals surface area contributed by atoms with Crippen molar-refractivity contribution in [1.29, 1.82) is 0 Å². The molecule has 0 aromatic heterocycles. The summed E-state index contributed by atoms with van der Waals surface area (Å²) in [6.45, 7) is 2.20. The zero-order chi connectivity index (χ0) is 14.9. The van der Waals surface area contributed by atoms with Crippen LogP contribution in [0.25, 0.3) is 0 Å². The molecule has 0 spiro atoms. The van der Waals surface area contributed by atoms with Gasteiger partial charge in [-0.25, -0.2) is 0 Å². The number of rotatable bonds is 13. The van der Waals surface area contributed by atoms with E-state index in [2.05, 4.69) is 25.2 Å². The van der Waals surface area contributed by atoms with Gasteiger partial charge in [-0.1, -0.05) is 31.9 Å². The number of carboxylic acids is 1. The van der Waals surface area contributed by atoms with Gasteiger partial charge in [0.25, 0.3) is 0 Å². The van der Waals surface area contributed by atoms with E-state index in [1.165, 1.54) is 19.3 Å². The van der Waals surface area contributed by atoms with Gasteiger partial charge < -0.3 is 9.84 Å². The Labute approximate surface area is 123 Å². The maximum absolute atomic E-state index is 10.3. The van der Waals surface area contributed by atoms with Crippen molar-refractivity contribution in [2.24, 2.45) is 0 Å². The molecule has 20 heavy (non-hydrogen) atoms. The molecular formula is C17H28O3. The van der Waals surface area contributed by atoms with Gasteiger partial charge in [-0.3, -0.25) is 4.79 Å². The first-order valence-electron chi connectivity index (χ1n) is 7.59. The molecule has 0 aromatic carbocycles. The summed E-state index contributed by atoms with van der Waals surface area (Å²) in [6, 6.07) is 0. The van der Waals surface area contributed by atoms with Gasteiger partial charge in [-0.15, -0.1) is 0 Å². The van der Waals surface area contributed by atoms with Crippen LogP contribution < -0.4 is 0 Å². The molecule has 0 aliphatic carbocycles. The quantitative estimate of drug-likeness (QED) is 0.286. The van der Waals surface area contributed by atoms with Gasteiger partial charge in [0.1, 0.15) is 0 Å². The van der Waals surface area contributed by atoms with Gasteiger partial charge in [0, 0.05) is 6.42 Å². The summed E-state index contributed by atoms with van der Waals surface area (Å²) in [5.41, 5.74) is 0. The van der Waals surface area contributed by atoms with E-state index >= 15 is 0 Å². The Morgan fingerprint density at radius 2 is 1.65 bits per heavy atom. The fourth-order valence-electron chi connectivity index (χ4n) is 1.62. The number of unbranched alkanes of at least 4 members (excludes halogenated alkanes) is 5. The third kappa shape index (κ3) is 16.5. The second-order valence-electron chi connectivity index (χ2n) is 4.72. The molecule has 0 radical (unpaired) electrons. The van der Waals surface area contributed by atoms with Gasteiger partial charge in [0.15, 0.2) is 0 Å². The van der Waals surface area contributed by atoms with E-state index < -0.39 is 5.97 Å². The van der Waals surface area contributed by atoms with Gasteiger partial charge >= 0.3 is 5.97 Å². The second-order valence-corrected chi connectivity index (χ2v) is 4.72. The highest BCUT2D eigenvalue weighted by molar-refractivity contribution is 5.66. The molecule has 1 N–H and O–H groups in total. The minimum absolute atomic E-state index is 0.270. The maximum Gasteiger partial charge on any atom is 0.303 e. The Balaban J connectivity index is 3.32. The van der Waals surface area contributed by atoms with Crippen LogP contribution >= 0.6 is 0 Å². The Kier molecular flexibility index (Phi) is 14.4. The highest BCUT2D eigenvalue weighted by atomic mass is 16.5. The van der Waals surface area contributed by atoms with Crippen LogP contribution in [0.3, 0.4) is 0 Å². The van der Waals surface area contributed by atoms with Crippen molar-refractivity contribution < 1.29 is 14.6 Å². The molecule has 0 amide bonds. The second kappa shape index (κ2) is 15.5. The Hall–Kier alpha value is -1.51. The molecular weight excluding hydrogens is 252 g/mol. The van der Waals surface area contributed by atoms with Crippen LogP contribution in [-0.4, -0.2) is 11.1 Å². The Bertz CT molecular complexity index is 303. The number of allylic oxidation sites excluding steroid dienone is 4. The van der Waals surface area contributed by atoms with Crippen molar-refractivity contribution in [1.82, 2.24) is 0 Å². The van der Waals surface area contributed by atoms with Crippen LogP contribution in [0.4, 0.5) is 0 Å². The average Bonchev–Trinajstić information content (AvgIpc) is 2.43. The van der Waals surface area contributed by atoms with Crippen molar-refractivity contribution >= 4 is 5.97 Å². The van der Waals surface area contributed by atoms with E-state index in [9.17, 15) is 4.79 Å². The van der Waals surface area contributed by atoms with Gasteiger partial charge in [-0.05, 0) is 50.7 Å². The van der Waals surface area contributed by atoms with Gasteiger partial charge in [0.05, 0.1) is 12.5 Å². The number of carbonyl (C=O) groups is 1. The van der Waals surface area contributed by atoms with E-state index in [0.29, 0.717) is 0 Å². The molecule has 0 fully saturated rings. The van der Waals surface area contributed by atoms with Crippen LogP contribution in [-0.2, 0) is 9.53 Å². The molecule has 0 atom stereocenters. The summed E-state index contributed by atoms with van der Waals surface area (Å²) >= 11 is 0. The molecule has 0 heterocycles. The molecule has 0 rings (SSSR count). The summed E-state index contributed by atoms with van der Waals surface area (Å²) in [4.78, 5) is 10.3. The summed E-state index contributed by atoms with van der Waals surface area (Å²) in [7, 11) is 0. The molecule has 0 saturated carbocycles. The molecule has 0 unspecified atom stereocenters. The number of ether oxygens (including phenoxy) is 1. The molecule has 0 aliphatic rings. The van der Waals surface area contributed by atoms with Crippen LogP contribution in [0.15, 0.2) is 36.8 Å². The first kappa shape index (κ1) is 18.5. The first-order valence-corrected chi connectivity index (χ1v) is 7.59. The van der Waals surface area contributed by atoms with Crippen molar-refractivity contribution in [3.05, 3.63) is 36.8 Å². The number of aliphatic carboxylic acids is 1. The minimum atomic E-state index is -0.711.